The van der Waals surface area contributed by atoms with Gasteiger partial charge in [-0.05, 0) is 12.5 Å². The van der Waals surface area contributed by atoms with Gasteiger partial charge in [0.25, 0.3) is 0 Å². The number of hydrogen-bond acceptors (Lipinski definition) is 2. The SMILES string of the molecule is CCN(CC=CCS)CC(C)C. The highest BCUT2D eigenvalue weighted by atomic mass is 32.1. The standard InChI is InChI=1S/C10H21NS/c1-4-11(9-10(2)3)7-5-6-8-12/h5-6,10,12H,4,7-9H2,1-3H3. The van der Waals surface area contributed by atoms with E-state index in [4.69, 9.17) is 0 Å². The van der Waals surface area contributed by atoms with Crippen molar-refractivity contribution in [3.05, 3.63) is 12.2 Å². The third kappa shape index (κ3) is 6.74. The molecule has 2 heteroatoms. The summed E-state index contributed by atoms with van der Waals surface area (Å²) in [7, 11) is 0. The molecular weight excluding hydrogens is 166 g/mol. The van der Waals surface area contributed by atoms with Crippen molar-refractivity contribution >= 4 is 12.6 Å². The van der Waals surface area contributed by atoms with Gasteiger partial charge in [-0.2, -0.15) is 12.6 Å². The summed E-state index contributed by atoms with van der Waals surface area (Å²) in [5.41, 5.74) is 0. The first-order valence-corrected chi connectivity index (χ1v) is 5.32. The summed E-state index contributed by atoms with van der Waals surface area (Å²) in [6, 6.07) is 0. The Bertz CT molecular complexity index is 121. The van der Waals surface area contributed by atoms with Crippen LogP contribution in [0.25, 0.3) is 0 Å². The van der Waals surface area contributed by atoms with Crippen LogP contribution in [0.5, 0.6) is 0 Å². The first-order valence-electron chi connectivity index (χ1n) is 4.68. The molecule has 0 aliphatic carbocycles. The zero-order chi connectivity index (χ0) is 9.40. The van der Waals surface area contributed by atoms with Gasteiger partial charge in [0.1, 0.15) is 0 Å². The van der Waals surface area contributed by atoms with Crippen LogP contribution in [0, 0.1) is 5.92 Å². The van der Waals surface area contributed by atoms with Gasteiger partial charge in [-0.15, -0.1) is 0 Å². The molecule has 0 unspecified atom stereocenters. The molecule has 0 N–H and O–H groups in total. The predicted molar refractivity (Wildman–Crippen MR) is 59.9 cm³/mol. The second kappa shape index (κ2) is 7.69. The average Bonchev–Trinajstić information content (AvgIpc) is 2.02. The summed E-state index contributed by atoms with van der Waals surface area (Å²) in [6.45, 7) is 10.1. The molecule has 0 aromatic heterocycles. The van der Waals surface area contributed by atoms with Gasteiger partial charge in [0.05, 0.1) is 0 Å². The fourth-order valence-electron chi connectivity index (χ4n) is 1.15. The van der Waals surface area contributed by atoms with Gasteiger partial charge in [-0.1, -0.05) is 32.9 Å². The van der Waals surface area contributed by atoms with Crippen LogP contribution in [0.3, 0.4) is 0 Å². The largest absolute Gasteiger partial charge is 0.300 e. The molecule has 0 saturated heterocycles. The van der Waals surface area contributed by atoms with Gasteiger partial charge in [0.2, 0.25) is 0 Å². The molecule has 0 amide bonds. The molecule has 0 aromatic rings. The van der Waals surface area contributed by atoms with Crippen LogP contribution in [0.1, 0.15) is 20.8 Å². The van der Waals surface area contributed by atoms with Crippen LogP contribution >= 0.6 is 12.6 Å². The summed E-state index contributed by atoms with van der Waals surface area (Å²) in [6.07, 6.45) is 4.30. The van der Waals surface area contributed by atoms with E-state index in [1.165, 1.54) is 6.54 Å². The molecule has 0 bridgehead atoms. The van der Waals surface area contributed by atoms with Gasteiger partial charge in [-0.25, -0.2) is 0 Å². The summed E-state index contributed by atoms with van der Waals surface area (Å²) in [5.74, 6) is 1.61. The van der Waals surface area contributed by atoms with Crippen LogP contribution in [0.2, 0.25) is 0 Å². The quantitative estimate of drug-likeness (QED) is 0.494. The first kappa shape index (κ1) is 12.0. The summed E-state index contributed by atoms with van der Waals surface area (Å²) in [4.78, 5) is 2.44. The van der Waals surface area contributed by atoms with E-state index in [-0.39, 0.29) is 0 Å². The molecule has 0 aliphatic rings. The summed E-state index contributed by atoms with van der Waals surface area (Å²) < 4.78 is 0. The lowest BCUT2D eigenvalue weighted by molar-refractivity contribution is 0.282. The van der Waals surface area contributed by atoms with Crippen molar-refractivity contribution in [2.45, 2.75) is 20.8 Å². The Labute approximate surface area is 82.2 Å². The Morgan fingerprint density at radius 3 is 2.42 bits per heavy atom. The van der Waals surface area contributed by atoms with Crippen LogP contribution in [-0.4, -0.2) is 30.3 Å². The number of hydrogen-bond donors (Lipinski definition) is 1. The van der Waals surface area contributed by atoms with E-state index in [0.29, 0.717) is 0 Å². The van der Waals surface area contributed by atoms with E-state index in [1.807, 2.05) is 0 Å². The van der Waals surface area contributed by atoms with E-state index in [1.54, 1.807) is 0 Å². The van der Waals surface area contributed by atoms with Gasteiger partial charge in [0.15, 0.2) is 0 Å². The maximum absolute atomic E-state index is 4.12. The third-order valence-electron chi connectivity index (χ3n) is 1.71. The van der Waals surface area contributed by atoms with Crippen molar-refractivity contribution in [3.8, 4) is 0 Å². The molecule has 0 rings (SSSR count). The lowest BCUT2D eigenvalue weighted by Gasteiger charge is -2.20. The Balaban J connectivity index is 3.60. The second-order valence-corrected chi connectivity index (χ2v) is 3.77. The highest BCUT2D eigenvalue weighted by Crippen LogP contribution is 1.98. The number of thiol groups is 1. The zero-order valence-electron chi connectivity index (χ0n) is 8.45. The normalized spacial score (nSPS) is 12.2. The monoisotopic (exact) mass is 187 g/mol. The van der Waals surface area contributed by atoms with Crippen molar-refractivity contribution in [2.75, 3.05) is 25.4 Å². The Morgan fingerprint density at radius 2 is 2.00 bits per heavy atom. The van der Waals surface area contributed by atoms with Crippen LogP contribution in [0.4, 0.5) is 0 Å². The minimum atomic E-state index is 0.759. The fourth-order valence-corrected chi connectivity index (χ4v) is 1.30. The lowest BCUT2D eigenvalue weighted by Crippen LogP contribution is -2.27. The van der Waals surface area contributed by atoms with Crippen molar-refractivity contribution in [3.63, 3.8) is 0 Å². The summed E-state index contributed by atoms with van der Waals surface area (Å²) in [5, 5.41) is 0. The minimum Gasteiger partial charge on any atom is -0.300 e. The van der Waals surface area contributed by atoms with Crippen molar-refractivity contribution < 1.29 is 0 Å². The van der Waals surface area contributed by atoms with E-state index in [0.717, 1.165) is 24.8 Å². The van der Waals surface area contributed by atoms with E-state index >= 15 is 0 Å². The lowest BCUT2D eigenvalue weighted by atomic mass is 10.2. The predicted octanol–water partition coefficient (Wildman–Crippen LogP) is 2.45. The third-order valence-corrected chi connectivity index (χ3v) is 1.92. The summed E-state index contributed by atoms with van der Waals surface area (Å²) >= 11 is 4.12. The molecule has 0 radical (unpaired) electrons. The smallest absolute Gasteiger partial charge is 0.0163 e. The molecule has 12 heavy (non-hydrogen) atoms. The molecule has 0 aliphatic heterocycles. The highest BCUT2D eigenvalue weighted by Gasteiger charge is 2.01. The van der Waals surface area contributed by atoms with Gasteiger partial charge in [-0.3, -0.25) is 4.90 Å². The van der Waals surface area contributed by atoms with E-state index in [2.05, 4.69) is 50.5 Å². The molecule has 0 heterocycles. The van der Waals surface area contributed by atoms with Gasteiger partial charge < -0.3 is 0 Å². The van der Waals surface area contributed by atoms with Crippen LogP contribution in [-0.2, 0) is 0 Å². The van der Waals surface area contributed by atoms with Gasteiger partial charge in [0, 0.05) is 18.8 Å². The number of nitrogens with zero attached hydrogens (tertiary/aromatic N) is 1. The second-order valence-electron chi connectivity index (χ2n) is 3.40. The molecular formula is C10H21NS. The minimum absolute atomic E-state index is 0.759. The first-order chi connectivity index (χ1) is 5.70. The molecule has 0 atom stereocenters. The topological polar surface area (TPSA) is 3.24 Å². The maximum Gasteiger partial charge on any atom is 0.0163 e. The van der Waals surface area contributed by atoms with Crippen molar-refractivity contribution in [1.29, 1.82) is 0 Å². The molecule has 0 saturated carbocycles. The number of rotatable bonds is 6. The fraction of sp³-hybridized carbons (Fsp3) is 0.800. The van der Waals surface area contributed by atoms with E-state index < -0.39 is 0 Å². The molecule has 72 valence electrons. The Morgan fingerprint density at radius 1 is 1.33 bits per heavy atom. The molecule has 0 fully saturated rings. The van der Waals surface area contributed by atoms with Crippen molar-refractivity contribution in [2.24, 2.45) is 5.92 Å². The van der Waals surface area contributed by atoms with Crippen LogP contribution < -0.4 is 0 Å². The molecule has 0 spiro atoms. The Hall–Kier alpha value is 0.0500. The number of likely N-dealkylation sites (N-methyl/N-ethyl adjacent to an activating group) is 1. The van der Waals surface area contributed by atoms with E-state index in [9.17, 15) is 0 Å². The zero-order valence-corrected chi connectivity index (χ0v) is 9.35. The Kier molecular flexibility index (Phi) is 7.72. The average molecular weight is 187 g/mol. The molecule has 0 aromatic carbocycles. The van der Waals surface area contributed by atoms with Gasteiger partial charge >= 0.3 is 0 Å². The van der Waals surface area contributed by atoms with Crippen molar-refractivity contribution in [1.82, 2.24) is 4.90 Å². The van der Waals surface area contributed by atoms with Crippen LogP contribution in [0.15, 0.2) is 12.2 Å². The maximum atomic E-state index is 4.12. The highest BCUT2D eigenvalue weighted by molar-refractivity contribution is 7.80. The molecule has 1 nitrogen and oxygen atoms in total.